The van der Waals surface area contributed by atoms with Crippen LogP contribution in [0.15, 0.2) is 0 Å². The normalized spacial score (nSPS) is 14.2. The third-order valence-electron chi connectivity index (χ3n) is 7.23. The quantitative estimate of drug-likeness (QED) is 0.0512. The second kappa shape index (κ2) is 26.0. The van der Waals surface area contributed by atoms with Gasteiger partial charge in [-0.05, 0) is 13.3 Å². The van der Waals surface area contributed by atoms with Crippen molar-refractivity contribution in [3.05, 3.63) is 0 Å². The number of rotatable bonds is 29. The van der Waals surface area contributed by atoms with Crippen molar-refractivity contribution in [2.24, 2.45) is 5.92 Å². The summed E-state index contributed by atoms with van der Waals surface area (Å²) < 4.78 is 28.5. The minimum Gasteiger partial charge on any atom is -0.449 e. The second-order valence-corrected chi connectivity index (χ2v) is 13.9. The second-order valence-electron chi connectivity index (χ2n) is 12.4. The smallest absolute Gasteiger partial charge is 0.449 e. The molecule has 0 aliphatic rings. The molecule has 0 saturated heterocycles. The van der Waals surface area contributed by atoms with Gasteiger partial charge in [0.25, 0.3) is 0 Å². The highest BCUT2D eigenvalue weighted by Gasteiger charge is 2.25. The Morgan fingerprint density at radius 2 is 1.18 bits per heavy atom. The van der Waals surface area contributed by atoms with Crippen molar-refractivity contribution in [3.63, 3.8) is 0 Å². The van der Waals surface area contributed by atoms with Crippen LogP contribution in [0.5, 0.6) is 0 Å². The maximum Gasteiger partial charge on any atom is 0.472 e. The summed E-state index contributed by atoms with van der Waals surface area (Å²) in [4.78, 5) is 21.8. The highest BCUT2D eigenvalue weighted by Crippen LogP contribution is 2.43. The summed E-state index contributed by atoms with van der Waals surface area (Å²) >= 11 is 0. The van der Waals surface area contributed by atoms with Crippen LogP contribution in [-0.4, -0.2) is 69.5 Å². The Hall–Kier alpha value is -0.660. The van der Waals surface area contributed by atoms with E-state index in [9.17, 15) is 14.3 Å². The van der Waals surface area contributed by atoms with Gasteiger partial charge in [-0.2, -0.15) is 0 Å². The summed E-state index contributed by atoms with van der Waals surface area (Å²) in [5.41, 5.74) is 0. The number of carbonyl (C=O) groups is 1. The lowest BCUT2D eigenvalue weighted by Gasteiger charge is -2.24. The molecule has 0 bridgehead atoms. The number of alkyl carbamates (subject to hydrolysis) is 1. The van der Waals surface area contributed by atoms with Gasteiger partial charge in [-0.25, -0.2) is 9.36 Å². The maximum atomic E-state index is 12.3. The van der Waals surface area contributed by atoms with Gasteiger partial charge in [0, 0.05) is 12.5 Å². The third-order valence-corrected chi connectivity index (χ3v) is 8.21. The highest BCUT2D eigenvalue weighted by atomic mass is 31.2. The molecule has 2 N–H and O–H groups in total. The number of unbranched alkanes of at least 4 members (excludes halogenated alkanes) is 17. The fourth-order valence-corrected chi connectivity index (χ4v) is 5.39. The zero-order chi connectivity index (χ0) is 30.0. The van der Waals surface area contributed by atoms with Gasteiger partial charge in [0.2, 0.25) is 0 Å². The monoisotopic (exact) mass is 593 g/mol. The van der Waals surface area contributed by atoms with E-state index in [2.05, 4.69) is 12.2 Å². The fraction of sp³-hybridized carbons (Fsp3) is 0.968. The molecule has 0 rings (SSSR count). The predicted octanol–water partition coefficient (Wildman–Crippen LogP) is 8.62. The standard InChI is InChI=1S/C31H65N2O6P/c1-6-8-9-10-11-12-13-14-15-16-17-18-19-20-21-22-23-24-25-30(28-37-31(34)32-7-2)29-39-40(35,36)38-27-26-33(3,4)5/h30H,6-29H2,1-5H3,(H-,32,34,35,36)/p+1. The lowest BCUT2D eigenvalue weighted by Crippen LogP contribution is -2.37. The first-order chi connectivity index (χ1) is 19.1. The molecule has 0 aliphatic carbocycles. The van der Waals surface area contributed by atoms with E-state index in [1.54, 1.807) is 0 Å². The number of nitrogens with one attached hydrogen (secondary N) is 1. The van der Waals surface area contributed by atoms with Gasteiger partial charge in [0.05, 0.1) is 34.4 Å². The highest BCUT2D eigenvalue weighted by molar-refractivity contribution is 7.47. The van der Waals surface area contributed by atoms with Crippen LogP contribution >= 0.6 is 7.82 Å². The van der Waals surface area contributed by atoms with E-state index in [1.807, 2.05) is 28.1 Å². The molecule has 240 valence electrons. The van der Waals surface area contributed by atoms with Gasteiger partial charge in [0.1, 0.15) is 13.2 Å². The SMILES string of the molecule is CCCCCCCCCCCCCCCCCCCCC(COC(=O)NCC)COP(=O)(O)OCC[N+](C)(C)C. The first-order valence-corrected chi connectivity index (χ1v) is 17.9. The summed E-state index contributed by atoms with van der Waals surface area (Å²) in [6.07, 6.45) is 24.2. The van der Waals surface area contributed by atoms with E-state index in [1.165, 1.54) is 103 Å². The Morgan fingerprint density at radius 3 is 1.60 bits per heavy atom. The average Bonchev–Trinajstić information content (AvgIpc) is 2.88. The number of quaternary nitrogens is 1. The summed E-state index contributed by atoms with van der Waals surface area (Å²) in [6.45, 7) is 5.51. The zero-order valence-corrected chi connectivity index (χ0v) is 27.8. The van der Waals surface area contributed by atoms with Crippen molar-refractivity contribution in [2.45, 2.75) is 136 Å². The van der Waals surface area contributed by atoms with E-state index in [-0.39, 0.29) is 25.7 Å². The van der Waals surface area contributed by atoms with E-state index in [4.69, 9.17) is 13.8 Å². The Bertz CT molecular complexity index is 629. The molecule has 40 heavy (non-hydrogen) atoms. The van der Waals surface area contributed by atoms with Gasteiger partial charge >= 0.3 is 13.9 Å². The first-order valence-electron chi connectivity index (χ1n) is 16.4. The Morgan fingerprint density at radius 1 is 0.725 bits per heavy atom. The Balaban J connectivity index is 3.94. The number of likely N-dealkylation sites (N-methyl/N-ethyl adjacent to an activating group) is 1. The predicted molar refractivity (Wildman–Crippen MR) is 167 cm³/mol. The van der Waals surface area contributed by atoms with Crippen LogP contribution in [0.25, 0.3) is 0 Å². The number of hydrogen-bond donors (Lipinski definition) is 2. The number of ether oxygens (including phenoxy) is 1. The summed E-state index contributed by atoms with van der Waals surface area (Å²) in [6, 6.07) is 0. The van der Waals surface area contributed by atoms with Crippen molar-refractivity contribution < 1.29 is 32.5 Å². The molecular formula is C31H66N2O6P+. The minimum absolute atomic E-state index is 0.0243. The first kappa shape index (κ1) is 39.3. The van der Waals surface area contributed by atoms with Gasteiger partial charge in [-0.1, -0.05) is 122 Å². The molecule has 9 heteroatoms. The lowest BCUT2D eigenvalue weighted by atomic mass is 10.0. The van der Waals surface area contributed by atoms with Crippen LogP contribution < -0.4 is 5.32 Å². The maximum absolute atomic E-state index is 12.3. The van der Waals surface area contributed by atoms with Crippen molar-refractivity contribution in [1.82, 2.24) is 5.32 Å². The Kier molecular flexibility index (Phi) is 25.6. The summed E-state index contributed by atoms with van der Waals surface area (Å²) in [5.74, 6) is -0.147. The van der Waals surface area contributed by atoms with E-state index >= 15 is 0 Å². The van der Waals surface area contributed by atoms with E-state index in [0.717, 1.165) is 19.3 Å². The molecule has 0 spiro atoms. The van der Waals surface area contributed by atoms with Crippen LogP contribution in [0.1, 0.15) is 136 Å². The molecule has 0 saturated carbocycles. The van der Waals surface area contributed by atoms with Crippen LogP contribution in [0.4, 0.5) is 4.79 Å². The van der Waals surface area contributed by atoms with Gasteiger partial charge in [-0.15, -0.1) is 0 Å². The molecular weight excluding hydrogens is 527 g/mol. The van der Waals surface area contributed by atoms with Crippen LogP contribution in [-0.2, 0) is 18.3 Å². The van der Waals surface area contributed by atoms with Crippen molar-refractivity contribution in [3.8, 4) is 0 Å². The number of hydrogen-bond acceptors (Lipinski definition) is 5. The molecule has 0 aromatic rings. The molecule has 0 aliphatic heterocycles. The molecule has 0 radical (unpaired) electrons. The van der Waals surface area contributed by atoms with Crippen molar-refractivity contribution in [1.29, 1.82) is 0 Å². The largest absolute Gasteiger partial charge is 0.472 e. The molecule has 0 fully saturated rings. The topological polar surface area (TPSA) is 94.1 Å². The molecule has 2 atom stereocenters. The number of amides is 1. The Labute approximate surface area is 247 Å². The average molecular weight is 594 g/mol. The van der Waals surface area contributed by atoms with E-state index in [0.29, 0.717) is 17.6 Å². The summed E-state index contributed by atoms with van der Waals surface area (Å²) in [5, 5.41) is 2.61. The molecule has 0 aromatic carbocycles. The minimum atomic E-state index is -4.14. The third kappa shape index (κ3) is 28.9. The summed E-state index contributed by atoms with van der Waals surface area (Å²) in [7, 11) is 1.82. The molecule has 1 amide bonds. The number of phosphoric acid groups is 1. The molecule has 2 unspecified atom stereocenters. The van der Waals surface area contributed by atoms with Gasteiger partial charge in [-0.3, -0.25) is 9.05 Å². The molecule has 8 nitrogen and oxygen atoms in total. The van der Waals surface area contributed by atoms with Gasteiger partial charge < -0.3 is 19.4 Å². The lowest BCUT2D eigenvalue weighted by molar-refractivity contribution is -0.870. The van der Waals surface area contributed by atoms with Crippen molar-refractivity contribution in [2.75, 3.05) is 54.1 Å². The van der Waals surface area contributed by atoms with E-state index < -0.39 is 13.9 Å². The number of phosphoric ester groups is 1. The van der Waals surface area contributed by atoms with Crippen molar-refractivity contribution >= 4 is 13.9 Å². The van der Waals surface area contributed by atoms with Gasteiger partial charge in [0.15, 0.2) is 0 Å². The molecule has 0 aromatic heterocycles. The number of nitrogens with zero attached hydrogens (tertiary/aromatic N) is 1. The van der Waals surface area contributed by atoms with Crippen LogP contribution in [0.2, 0.25) is 0 Å². The molecule has 0 heterocycles. The van der Waals surface area contributed by atoms with Crippen LogP contribution in [0, 0.1) is 5.92 Å². The number of carbonyl (C=O) groups excluding carboxylic acids is 1. The zero-order valence-electron chi connectivity index (χ0n) is 26.9. The van der Waals surface area contributed by atoms with Crippen LogP contribution in [0.3, 0.4) is 0 Å². The fourth-order valence-electron chi connectivity index (χ4n) is 4.61.